The van der Waals surface area contributed by atoms with E-state index < -0.39 is 112 Å². The number of hydrogen-bond donors (Lipinski definition) is 5. The Balaban J connectivity index is 2.16. The zero-order valence-corrected chi connectivity index (χ0v) is 32.1. The van der Waals surface area contributed by atoms with Crippen molar-refractivity contribution in [2.24, 2.45) is 0 Å². The highest BCUT2D eigenvalue weighted by atomic mass is 31.2. The summed E-state index contributed by atoms with van der Waals surface area (Å²) in [6.45, 7) is 0.928. The van der Waals surface area contributed by atoms with Crippen LogP contribution in [0, 0.1) is 5.82 Å². The largest absolute Gasteiger partial charge is 0.509 e. The topological polar surface area (TPSA) is 190 Å². The van der Waals surface area contributed by atoms with E-state index in [-0.39, 0.29) is 46.2 Å². The predicted molar refractivity (Wildman–Crippen MR) is 180 cm³/mol. The quantitative estimate of drug-likeness (QED) is 0.0523. The minimum absolute atomic E-state index is 0.0136. The van der Waals surface area contributed by atoms with Crippen LogP contribution in [-0.2, 0) is 52.7 Å². The molecule has 2 atom stereocenters. The lowest BCUT2D eigenvalue weighted by atomic mass is 9.92. The van der Waals surface area contributed by atoms with Gasteiger partial charge in [-0.15, -0.1) is 0 Å². The maximum Gasteiger partial charge on any atom is 0.509 e. The number of phosphoric ester groups is 2. The molecule has 25 heteroatoms. The Kier molecular flexibility index (Phi) is 15.6. The summed E-state index contributed by atoms with van der Waals surface area (Å²) in [6.07, 6.45) is -22.2. The first-order chi connectivity index (χ1) is 26.4. The predicted octanol–water partition coefficient (Wildman–Crippen LogP) is 8.64. The number of benzene rings is 3. The van der Waals surface area contributed by atoms with Gasteiger partial charge in [0.05, 0.1) is 37.0 Å². The molecule has 3 rings (SSSR count). The molecule has 58 heavy (non-hydrogen) atoms. The molecule has 0 bridgehead atoms. The van der Waals surface area contributed by atoms with E-state index in [1.165, 1.54) is 6.07 Å². The van der Waals surface area contributed by atoms with Gasteiger partial charge in [-0.05, 0) is 71.5 Å². The van der Waals surface area contributed by atoms with E-state index in [0.717, 1.165) is 26.2 Å². The SMILES string of the molecule is COc1cc(F)c(C(C)C)cc1-c1ccc(C(F)(F)F)cc1CNC(C)C(OC(=O)OC(COP(=O)(O)O)COP(=O)(O)O)c1cc(C(F)(F)F)cc(C(F)(F)F)c1. The normalized spacial score (nSPS) is 14.1. The molecule has 0 saturated heterocycles. The van der Waals surface area contributed by atoms with Crippen LogP contribution in [0.25, 0.3) is 11.1 Å². The Morgan fingerprint density at radius 2 is 1.24 bits per heavy atom. The van der Waals surface area contributed by atoms with E-state index in [1.807, 2.05) is 0 Å². The Morgan fingerprint density at radius 1 is 0.724 bits per heavy atom. The van der Waals surface area contributed by atoms with E-state index in [9.17, 15) is 57.8 Å². The van der Waals surface area contributed by atoms with Crippen LogP contribution in [0.3, 0.4) is 0 Å². The molecule has 0 aliphatic rings. The first-order valence-electron chi connectivity index (χ1n) is 16.3. The fourth-order valence-corrected chi connectivity index (χ4v) is 6.02. The van der Waals surface area contributed by atoms with Gasteiger partial charge in [0.1, 0.15) is 17.7 Å². The average molecular weight is 890 g/mol. The molecule has 3 aromatic carbocycles. The maximum atomic E-state index is 14.9. The summed E-state index contributed by atoms with van der Waals surface area (Å²) >= 11 is 0. The highest BCUT2D eigenvalue weighted by Gasteiger charge is 2.39. The monoisotopic (exact) mass is 889 g/mol. The van der Waals surface area contributed by atoms with Crippen molar-refractivity contribution in [1.82, 2.24) is 5.32 Å². The van der Waals surface area contributed by atoms with Crippen LogP contribution < -0.4 is 10.1 Å². The third-order valence-corrected chi connectivity index (χ3v) is 8.98. The highest BCUT2D eigenvalue weighted by Crippen LogP contribution is 2.42. The van der Waals surface area contributed by atoms with Gasteiger partial charge in [0.15, 0.2) is 6.10 Å². The number of alkyl halides is 9. The first kappa shape index (κ1) is 48.6. The molecule has 3 aromatic rings. The molecule has 5 N–H and O–H groups in total. The molecule has 2 unspecified atom stereocenters. The Hall–Kier alpha value is -3.79. The summed E-state index contributed by atoms with van der Waals surface area (Å²) in [4.78, 5) is 49.1. The molecule has 0 amide bonds. The number of hydrogen-bond acceptors (Lipinski definition) is 9. The molecular formula is C33H35F10NO12P2. The van der Waals surface area contributed by atoms with Crippen LogP contribution in [0.15, 0.2) is 48.5 Å². The lowest BCUT2D eigenvalue weighted by molar-refractivity contribution is -0.143. The van der Waals surface area contributed by atoms with Crippen molar-refractivity contribution < 1.29 is 101 Å². The van der Waals surface area contributed by atoms with Crippen LogP contribution in [0.4, 0.5) is 48.7 Å². The van der Waals surface area contributed by atoms with Gasteiger partial charge >= 0.3 is 40.3 Å². The summed E-state index contributed by atoms with van der Waals surface area (Å²) in [5.74, 6) is -1.26. The molecule has 324 valence electrons. The summed E-state index contributed by atoms with van der Waals surface area (Å²) in [7, 11) is -9.56. The molecule has 0 saturated carbocycles. The zero-order valence-electron chi connectivity index (χ0n) is 30.3. The van der Waals surface area contributed by atoms with Crippen molar-refractivity contribution in [3.63, 3.8) is 0 Å². The van der Waals surface area contributed by atoms with Gasteiger partial charge in [0, 0.05) is 24.2 Å². The van der Waals surface area contributed by atoms with Crippen LogP contribution in [0.2, 0.25) is 0 Å². The van der Waals surface area contributed by atoms with Crippen LogP contribution in [0.1, 0.15) is 66.2 Å². The van der Waals surface area contributed by atoms with Crippen molar-refractivity contribution in [3.05, 3.63) is 87.7 Å². The van der Waals surface area contributed by atoms with Crippen molar-refractivity contribution in [1.29, 1.82) is 0 Å². The van der Waals surface area contributed by atoms with Gasteiger partial charge in [-0.1, -0.05) is 19.9 Å². The number of carbonyl (C=O) groups is 1. The Bertz CT molecular complexity index is 1960. The van der Waals surface area contributed by atoms with E-state index in [1.54, 1.807) is 13.8 Å². The average Bonchev–Trinajstić information content (AvgIpc) is 3.08. The molecule has 0 aliphatic heterocycles. The second-order valence-electron chi connectivity index (χ2n) is 12.7. The summed E-state index contributed by atoms with van der Waals surface area (Å²) in [5.41, 5.74) is -5.92. The number of phosphoric acid groups is 2. The molecular weight excluding hydrogens is 854 g/mol. The summed E-state index contributed by atoms with van der Waals surface area (Å²) in [5, 5.41) is 2.60. The van der Waals surface area contributed by atoms with Crippen molar-refractivity contribution >= 4 is 21.8 Å². The molecule has 0 aliphatic carbocycles. The zero-order chi connectivity index (χ0) is 44.2. The lowest BCUT2D eigenvalue weighted by Gasteiger charge is -2.28. The minimum atomic E-state index is -5.42. The molecule has 0 aromatic heterocycles. The number of methoxy groups -OCH3 is 1. The van der Waals surface area contributed by atoms with Gasteiger partial charge in [-0.25, -0.2) is 18.3 Å². The van der Waals surface area contributed by atoms with E-state index >= 15 is 0 Å². The maximum absolute atomic E-state index is 14.9. The smallest absolute Gasteiger partial charge is 0.496 e. The van der Waals surface area contributed by atoms with Gasteiger partial charge in [-0.3, -0.25) is 9.05 Å². The lowest BCUT2D eigenvalue weighted by Crippen LogP contribution is -2.36. The number of rotatable bonds is 16. The number of halogens is 10. The second kappa shape index (κ2) is 18.6. The van der Waals surface area contributed by atoms with Gasteiger partial charge in [0.2, 0.25) is 0 Å². The van der Waals surface area contributed by atoms with E-state index in [4.69, 9.17) is 33.8 Å². The van der Waals surface area contributed by atoms with Gasteiger partial charge < -0.3 is 39.1 Å². The van der Waals surface area contributed by atoms with Crippen LogP contribution in [0.5, 0.6) is 5.75 Å². The third-order valence-electron chi connectivity index (χ3n) is 8.01. The van der Waals surface area contributed by atoms with Crippen molar-refractivity contribution in [2.45, 2.75) is 70.0 Å². The Labute approximate surface area is 322 Å². The third kappa shape index (κ3) is 14.2. The number of ether oxygens (including phenoxy) is 3. The van der Waals surface area contributed by atoms with Crippen molar-refractivity contribution in [3.8, 4) is 16.9 Å². The Morgan fingerprint density at radius 3 is 1.69 bits per heavy atom. The van der Waals surface area contributed by atoms with Crippen LogP contribution >= 0.6 is 15.6 Å². The second-order valence-corrected chi connectivity index (χ2v) is 15.2. The minimum Gasteiger partial charge on any atom is -0.496 e. The van der Waals surface area contributed by atoms with Gasteiger partial charge in [0.25, 0.3) is 0 Å². The summed E-state index contributed by atoms with van der Waals surface area (Å²) < 4.78 is 186. The van der Waals surface area contributed by atoms with E-state index in [2.05, 4.69) is 14.4 Å². The molecule has 0 radical (unpaired) electrons. The molecule has 0 spiro atoms. The number of carbonyl (C=O) groups excluding carboxylic acids is 1. The fourth-order valence-electron chi connectivity index (χ4n) is 5.30. The molecule has 0 heterocycles. The highest BCUT2D eigenvalue weighted by molar-refractivity contribution is 7.46. The van der Waals surface area contributed by atoms with Crippen molar-refractivity contribution in [2.75, 3.05) is 20.3 Å². The standard InChI is InChI=1S/C33H35F10NO12P2/c1-16(2)25-11-26(28(52-4)12-27(25)34)24-6-5-20(31(35,36)37)9-19(24)13-44-17(3)29(18-7-21(32(38,39)40)10-22(8-18)33(41,42)43)56-30(45)55-23(14-53-57(46,47)48)15-54-58(49,50)51/h5-12,16-17,23,29,44H,13-15H2,1-4H3,(H2,46,47,48)(H2,49,50,51). The first-order valence-corrected chi connectivity index (χ1v) is 19.3. The van der Waals surface area contributed by atoms with E-state index in [0.29, 0.717) is 12.1 Å². The number of nitrogens with one attached hydrogen (secondary N) is 1. The summed E-state index contributed by atoms with van der Waals surface area (Å²) in [6, 6.07) is 3.15. The fraction of sp³-hybridized carbons (Fsp3) is 0.424. The molecule has 0 fully saturated rings. The van der Waals surface area contributed by atoms with Crippen LogP contribution in [-0.4, -0.2) is 58.2 Å². The molecule has 13 nitrogen and oxygen atoms in total. The van der Waals surface area contributed by atoms with Gasteiger partial charge in [-0.2, -0.15) is 39.5 Å².